The Morgan fingerprint density at radius 2 is 1.35 bits per heavy atom. The number of aliphatic hydroxyl groups is 2. The van der Waals surface area contributed by atoms with Crippen LogP contribution in [-0.4, -0.2) is 63.0 Å². The van der Waals surface area contributed by atoms with Gasteiger partial charge in [0.15, 0.2) is 0 Å². The highest BCUT2D eigenvalue weighted by Gasteiger charge is 2.06. The third-order valence-electron chi connectivity index (χ3n) is 1.49. The van der Waals surface area contributed by atoms with Gasteiger partial charge in [0.05, 0.1) is 38.1 Å². The van der Waals surface area contributed by atoms with Gasteiger partial charge in [0.2, 0.25) is 0 Å². The second-order valence-electron chi connectivity index (χ2n) is 3.59. The van der Waals surface area contributed by atoms with Gasteiger partial charge >= 0.3 is 8.60 Å². The largest absolute Gasteiger partial charge is 0.394 e. The molecule has 106 valence electrons. The van der Waals surface area contributed by atoms with Crippen LogP contribution in [0.5, 0.6) is 0 Å². The van der Waals surface area contributed by atoms with Crippen molar-refractivity contribution in [2.75, 3.05) is 19.8 Å². The smallest absolute Gasteiger partial charge is 0.324 e. The second-order valence-corrected chi connectivity index (χ2v) is 4.12. The Hall–Kier alpha value is 0.150. The number of ether oxygens (including phenoxy) is 2. The van der Waals surface area contributed by atoms with Crippen molar-refractivity contribution in [1.82, 2.24) is 0 Å². The summed E-state index contributed by atoms with van der Waals surface area (Å²) < 4.78 is 10.5. The van der Waals surface area contributed by atoms with Crippen molar-refractivity contribution >= 4 is 8.60 Å². The molecule has 0 amide bonds. The second kappa shape index (κ2) is 12.6. The minimum atomic E-state index is -2.62. The van der Waals surface area contributed by atoms with E-state index in [1.165, 1.54) is 0 Å². The van der Waals surface area contributed by atoms with E-state index in [0.717, 1.165) is 0 Å². The van der Waals surface area contributed by atoms with Gasteiger partial charge in [0, 0.05) is 0 Å². The molecule has 0 aromatic heterocycles. The van der Waals surface area contributed by atoms with Crippen molar-refractivity contribution in [1.29, 1.82) is 0 Å². The molecule has 0 rings (SSSR count). The van der Waals surface area contributed by atoms with Crippen LogP contribution in [0.4, 0.5) is 0 Å². The summed E-state index contributed by atoms with van der Waals surface area (Å²) in [6, 6.07) is 0. The standard InChI is InChI=1S/C9H20O4.H3O3P/c1-7(11)5-12-9(3)6-13-8(2)4-10;1-4(2)3/h7-11H,4-6H2,1-3H3;1-3H. The molecule has 0 aromatic carbocycles. The lowest BCUT2D eigenvalue weighted by Crippen LogP contribution is -2.24. The predicted molar refractivity (Wildman–Crippen MR) is 63.2 cm³/mol. The maximum absolute atomic E-state index is 8.92. The molecule has 5 N–H and O–H groups in total. The van der Waals surface area contributed by atoms with E-state index in [0.29, 0.717) is 13.2 Å². The Labute approximate surface area is 103 Å². The van der Waals surface area contributed by atoms with Gasteiger partial charge in [-0.3, -0.25) is 0 Å². The lowest BCUT2D eigenvalue weighted by Gasteiger charge is -2.16. The Balaban J connectivity index is 0. The Morgan fingerprint density at radius 1 is 0.941 bits per heavy atom. The zero-order valence-corrected chi connectivity index (χ0v) is 11.2. The van der Waals surface area contributed by atoms with Crippen molar-refractivity contribution < 1.29 is 34.4 Å². The summed E-state index contributed by atoms with van der Waals surface area (Å²) in [7, 11) is -2.62. The fraction of sp³-hybridized carbons (Fsp3) is 1.00. The molecule has 0 aliphatic heterocycles. The molecule has 0 radical (unpaired) electrons. The van der Waals surface area contributed by atoms with Crippen LogP contribution < -0.4 is 0 Å². The van der Waals surface area contributed by atoms with Crippen LogP contribution in [0.1, 0.15) is 20.8 Å². The molecule has 8 heteroatoms. The van der Waals surface area contributed by atoms with Crippen LogP contribution in [-0.2, 0) is 9.47 Å². The van der Waals surface area contributed by atoms with Crippen molar-refractivity contribution in [2.24, 2.45) is 0 Å². The van der Waals surface area contributed by atoms with Crippen LogP contribution >= 0.6 is 8.60 Å². The molecule has 0 spiro atoms. The van der Waals surface area contributed by atoms with E-state index in [4.69, 9.17) is 34.4 Å². The van der Waals surface area contributed by atoms with E-state index in [1.807, 2.05) is 6.92 Å². The van der Waals surface area contributed by atoms with Gasteiger partial charge in [-0.1, -0.05) is 0 Å². The van der Waals surface area contributed by atoms with Gasteiger partial charge in [-0.25, -0.2) is 0 Å². The molecule has 0 fully saturated rings. The number of rotatable bonds is 7. The number of hydrogen-bond donors (Lipinski definition) is 5. The summed E-state index contributed by atoms with van der Waals surface area (Å²) in [6.45, 7) is 6.10. The topological polar surface area (TPSA) is 120 Å². The Bertz CT molecular complexity index is 154. The highest BCUT2D eigenvalue weighted by atomic mass is 31.2. The zero-order valence-electron chi connectivity index (χ0n) is 10.4. The molecule has 0 saturated carbocycles. The van der Waals surface area contributed by atoms with Crippen LogP contribution in [0.3, 0.4) is 0 Å². The molecule has 0 aliphatic carbocycles. The average molecular weight is 274 g/mol. The van der Waals surface area contributed by atoms with Crippen molar-refractivity contribution in [3.05, 3.63) is 0 Å². The van der Waals surface area contributed by atoms with Crippen LogP contribution in [0.15, 0.2) is 0 Å². The summed E-state index contributed by atoms with van der Waals surface area (Å²) in [5, 5.41) is 17.6. The lowest BCUT2D eigenvalue weighted by atomic mass is 10.4. The van der Waals surface area contributed by atoms with E-state index in [-0.39, 0.29) is 18.8 Å². The molecular formula is C9H23O7P. The highest BCUT2D eigenvalue weighted by molar-refractivity contribution is 7.38. The van der Waals surface area contributed by atoms with E-state index in [1.54, 1.807) is 13.8 Å². The van der Waals surface area contributed by atoms with Gasteiger partial charge in [-0.05, 0) is 20.8 Å². The van der Waals surface area contributed by atoms with Crippen LogP contribution in [0.25, 0.3) is 0 Å². The van der Waals surface area contributed by atoms with Gasteiger partial charge in [0.25, 0.3) is 0 Å². The summed E-state index contributed by atoms with van der Waals surface area (Å²) in [5.41, 5.74) is 0. The molecular weight excluding hydrogens is 251 g/mol. The molecule has 0 aromatic rings. The quantitative estimate of drug-likeness (QED) is 0.392. The molecule has 17 heavy (non-hydrogen) atoms. The first-order chi connectivity index (χ1) is 7.79. The van der Waals surface area contributed by atoms with Gasteiger partial charge < -0.3 is 34.4 Å². The monoisotopic (exact) mass is 274 g/mol. The first-order valence-electron chi connectivity index (χ1n) is 5.18. The molecule has 7 nitrogen and oxygen atoms in total. The maximum atomic E-state index is 8.92. The maximum Gasteiger partial charge on any atom is 0.324 e. The minimum absolute atomic E-state index is 0.0170. The first kappa shape index (κ1) is 19.5. The average Bonchev–Trinajstić information content (AvgIpc) is 2.22. The molecule has 3 atom stereocenters. The molecule has 0 bridgehead atoms. The zero-order chi connectivity index (χ0) is 13.8. The molecule has 3 unspecified atom stereocenters. The predicted octanol–water partition coefficient (Wildman–Crippen LogP) is -0.640. The van der Waals surface area contributed by atoms with E-state index in [9.17, 15) is 0 Å². The first-order valence-corrected chi connectivity index (χ1v) is 6.38. The fourth-order valence-electron chi connectivity index (χ4n) is 0.704. The molecule has 0 saturated heterocycles. The van der Waals surface area contributed by atoms with Crippen molar-refractivity contribution in [2.45, 2.75) is 39.1 Å². The van der Waals surface area contributed by atoms with Crippen molar-refractivity contribution in [3.8, 4) is 0 Å². The SMILES string of the molecule is CC(O)COC(C)COC(C)CO.OP(O)O. The van der Waals surface area contributed by atoms with Gasteiger partial charge in [-0.2, -0.15) is 0 Å². The summed E-state index contributed by atoms with van der Waals surface area (Å²) in [6.07, 6.45) is -0.654. The van der Waals surface area contributed by atoms with E-state index < -0.39 is 14.7 Å². The van der Waals surface area contributed by atoms with Crippen LogP contribution in [0, 0.1) is 0 Å². The van der Waals surface area contributed by atoms with Crippen molar-refractivity contribution in [3.63, 3.8) is 0 Å². The molecule has 0 aliphatic rings. The molecule has 0 heterocycles. The van der Waals surface area contributed by atoms with E-state index in [2.05, 4.69) is 0 Å². The summed E-state index contributed by atoms with van der Waals surface area (Å²) >= 11 is 0. The Kier molecular flexibility index (Phi) is 14.4. The number of aliphatic hydroxyl groups excluding tert-OH is 2. The summed E-state index contributed by atoms with van der Waals surface area (Å²) in [4.78, 5) is 21.7. The highest BCUT2D eigenvalue weighted by Crippen LogP contribution is 2.11. The number of hydrogen-bond acceptors (Lipinski definition) is 7. The van der Waals surface area contributed by atoms with E-state index >= 15 is 0 Å². The van der Waals surface area contributed by atoms with Gasteiger partial charge in [-0.15, -0.1) is 0 Å². The lowest BCUT2D eigenvalue weighted by molar-refractivity contribution is -0.0620. The third-order valence-corrected chi connectivity index (χ3v) is 1.49. The van der Waals surface area contributed by atoms with Crippen LogP contribution in [0.2, 0.25) is 0 Å². The normalized spacial score (nSPS) is 16.1. The van der Waals surface area contributed by atoms with Gasteiger partial charge in [0.1, 0.15) is 0 Å². The summed E-state index contributed by atoms with van der Waals surface area (Å²) in [5.74, 6) is 0. The minimum Gasteiger partial charge on any atom is -0.394 e. The fourth-order valence-corrected chi connectivity index (χ4v) is 0.704. The Morgan fingerprint density at radius 3 is 1.71 bits per heavy atom. The third kappa shape index (κ3) is 21.9.